The van der Waals surface area contributed by atoms with Gasteiger partial charge in [-0.2, -0.15) is 0 Å². The molecule has 0 saturated heterocycles. The zero-order chi connectivity index (χ0) is 29.5. The van der Waals surface area contributed by atoms with Gasteiger partial charge in [0.05, 0.1) is 6.42 Å². The van der Waals surface area contributed by atoms with E-state index in [0.717, 1.165) is 51.4 Å². The van der Waals surface area contributed by atoms with Crippen LogP contribution in [0.3, 0.4) is 0 Å². The Morgan fingerprint density at radius 1 is 0.833 bits per heavy atom. The Hall–Kier alpha value is 0.150. The third-order valence-corrected chi connectivity index (χ3v) is 14.1. The van der Waals surface area contributed by atoms with Gasteiger partial charge < -0.3 is 24.5 Å². The van der Waals surface area contributed by atoms with Crippen LogP contribution in [0.1, 0.15) is 126 Å². The molecule has 9 atom stereocenters. The van der Waals surface area contributed by atoms with E-state index in [1.165, 1.54) is 5.57 Å². The normalized spacial score (nSPS) is 45.2. The second-order valence-corrected chi connectivity index (χ2v) is 16.3. The molecule has 5 aliphatic rings. The number of aliphatic carboxylic acids is 2. The van der Waals surface area contributed by atoms with Crippen molar-refractivity contribution < 1.29 is 88.4 Å². The number of carboxylic acid groups (broad SMARTS) is 2. The van der Waals surface area contributed by atoms with Gasteiger partial charge in [-0.3, -0.25) is 4.79 Å². The molecule has 4 saturated carbocycles. The number of ether oxygens (including phenoxy) is 1. The van der Waals surface area contributed by atoms with Crippen LogP contribution in [0.5, 0.6) is 0 Å². The SMILES string of the molecule is CC1(C)[C@@H](OC(=O)CCC(=O)[O-])CC[C@]2(C)[C@H]3CC=C4[C@@H]5C[C@@](C)(C(=O)[O-])CC[C@]5(C)CC[C@@]4(C)[C@]3(C)CC[C@@H]12.[Na+].[Na+]. The molecule has 0 spiro atoms. The first kappa shape index (κ1) is 36.6. The van der Waals surface area contributed by atoms with Crippen LogP contribution < -0.4 is 69.3 Å². The predicted octanol–water partition coefficient (Wildman–Crippen LogP) is -1.01. The van der Waals surface area contributed by atoms with Crippen LogP contribution in [-0.2, 0) is 19.1 Å². The minimum atomic E-state index is -1.22. The van der Waals surface area contributed by atoms with Gasteiger partial charge in [-0.15, -0.1) is 0 Å². The topological polar surface area (TPSA) is 107 Å². The van der Waals surface area contributed by atoms with Gasteiger partial charge in [0.2, 0.25) is 0 Å². The zero-order valence-corrected chi connectivity index (χ0v) is 31.8. The standard InChI is InChI=1S/C34H52O6.2Na/c1-29(2)23-12-15-34(7)24(32(23,5)14-13-25(29)40-27(37)11-10-26(35)36)9-8-21-22-20-31(4,28(38)39)17-16-30(22,3)18-19-33(21,34)6;;/h8,22-25H,9-20H2,1-7H3,(H,35,36)(H,38,39);;/q;2*+1/p-2/t22-,23-,24+,25-,30+,31-,32-,33+,34+;;/m0../s1. The van der Waals surface area contributed by atoms with E-state index >= 15 is 0 Å². The summed E-state index contributed by atoms with van der Waals surface area (Å²) in [5, 5.41) is 23.1. The zero-order valence-electron chi connectivity index (χ0n) is 27.8. The molecule has 0 unspecified atom stereocenters. The van der Waals surface area contributed by atoms with Gasteiger partial charge >= 0.3 is 65.1 Å². The van der Waals surface area contributed by atoms with E-state index in [1.807, 2.05) is 6.92 Å². The number of allylic oxidation sites excluding steroid dienone is 2. The molecule has 0 heterocycles. The molecule has 42 heavy (non-hydrogen) atoms. The summed E-state index contributed by atoms with van der Waals surface area (Å²) in [7, 11) is 0. The Bertz CT molecular complexity index is 1140. The quantitative estimate of drug-likeness (QED) is 0.228. The van der Waals surface area contributed by atoms with Crippen molar-refractivity contribution in [2.24, 2.45) is 50.2 Å². The monoisotopic (exact) mass is 600 g/mol. The Kier molecular flexibility index (Phi) is 10.5. The largest absolute Gasteiger partial charge is 1.00 e. The Labute approximate surface area is 297 Å². The van der Waals surface area contributed by atoms with Crippen LogP contribution in [0.15, 0.2) is 11.6 Å². The average Bonchev–Trinajstić information content (AvgIpc) is 2.86. The van der Waals surface area contributed by atoms with Crippen molar-refractivity contribution >= 4 is 17.9 Å². The second-order valence-electron chi connectivity index (χ2n) is 16.3. The number of carbonyl (C=O) groups excluding carboxylic acids is 3. The van der Waals surface area contributed by atoms with Crippen molar-refractivity contribution in [1.82, 2.24) is 0 Å². The first-order valence-electron chi connectivity index (χ1n) is 15.7. The summed E-state index contributed by atoms with van der Waals surface area (Å²) in [6, 6.07) is 0. The molecule has 0 bridgehead atoms. The molecule has 8 heteroatoms. The fourth-order valence-electron chi connectivity index (χ4n) is 11.1. The molecule has 0 amide bonds. The molecule has 5 rings (SSSR count). The molecular weight excluding hydrogens is 550 g/mol. The van der Waals surface area contributed by atoms with E-state index in [-0.39, 0.29) is 105 Å². The second kappa shape index (κ2) is 12.1. The van der Waals surface area contributed by atoms with E-state index < -0.39 is 23.3 Å². The van der Waals surface area contributed by atoms with Gasteiger partial charge in [-0.25, -0.2) is 0 Å². The van der Waals surface area contributed by atoms with Gasteiger partial charge in [0.25, 0.3) is 0 Å². The number of hydrogen-bond donors (Lipinski definition) is 0. The van der Waals surface area contributed by atoms with Crippen LogP contribution in [0.25, 0.3) is 0 Å². The van der Waals surface area contributed by atoms with E-state index in [9.17, 15) is 24.6 Å². The molecular formula is C34H50Na2O6. The molecule has 4 fully saturated rings. The van der Waals surface area contributed by atoms with Crippen molar-refractivity contribution in [1.29, 1.82) is 0 Å². The summed E-state index contributed by atoms with van der Waals surface area (Å²) < 4.78 is 5.93. The van der Waals surface area contributed by atoms with E-state index in [2.05, 4.69) is 47.6 Å². The number of carbonyl (C=O) groups is 3. The molecule has 0 aromatic heterocycles. The van der Waals surface area contributed by atoms with E-state index in [4.69, 9.17) is 4.74 Å². The summed E-state index contributed by atoms with van der Waals surface area (Å²) in [6.07, 6.45) is 11.5. The summed E-state index contributed by atoms with van der Waals surface area (Å²) in [5.41, 5.74) is 0.980. The minimum absolute atomic E-state index is 0. The van der Waals surface area contributed by atoms with Crippen molar-refractivity contribution in [2.45, 2.75) is 132 Å². The maximum atomic E-state index is 12.5. The third kappa shape index (κ3) is 5.46. The van der Waals surface area contributed by atoms with Crippen LogP contribution in [0.4, 0.5) is 0 Å². The van der Waals surface area contributed by atoms with Crippen molar-refractivity contribution in [3.8, 4) is 0 Å². The maximum Gasteiger partial charge on any atom is 1.00 e. The Morgan fingerprint density at radius 3 is 2.10 bits per heavy atom. The summed E-state index contributed by atoms with van der Waals surface area (Å²) in [4.78, 5) is 35.6. The van der Waals surface area contributed by atoms with E-state index in [1.54, 1.807) is 0 Å². The fourth-order valence-corrected chi connectivity index (χ4v) is 11.1. The number of esters is 1. The number of rotatable bonds is 5. The van der Waals surface area contributed by atoms with Crippen molar-refractivity contribution in [3.05, 3.63) is 11.6 Å². The van der Waals surface area contributed by atoms with Gasteiger partial charge in [-0.1, -0.05) is 60.1 Å². The van der Waals surface area contributed by atoms with Gasteiger partial charge in [0.15, 0.2) is 0 Å². The van der Waals surface area contributed by atoms with Crippen LogP contribution in [0.2, 0.25) is 0 Å². The van der Waals surface area contributed by atoms with Crippen molar-refractivity contribution in [2.75, 3.05) is 0 Å². The van der Waals surface area contributed by atoms with E-state index in [0.29, 0.717) is 30.6 Å². The fraction of sp³-hybridized carbons (Fsp3) is 0.853. The van der Waals surface area contributed by atoms with Crippen LogP contribution in [-0.4, -0.2) is 24.0 Å². The summed E-state index contributed by atoms with van der Waals surface area (Å²) in [5.74, 6) is -1.37. The minimum Gasteiger partial charge on any atom is -0.550 e. The summed E-state index contributed by atoms with van der Waals surface area (Å²) >= 11 is 0. The maximum absolute atomic E-state index is 12.5. The number of hydrogen-bond acceptors (Lipinski definition) is 6. The Morgan fingerprint density at radius 2 is 1.48 bits per heavy atom. The average molecular weight is 601 g/mol. The molecule has 0 aromatic carbocycles. The third-order valence-electron chi connectivity index (χ3n) is 14.1. The molecule has 0 radical (unpaired) electrons. The summed E-state index contributed by atoms with van der Waals surface area (Å²) in [6.45, 7) is 16.3. The number of fused-ring (bicyclic) bond motifs is 7. The molecule has 5 aliphatic carbocycles. The predicted molar refractivity (Wildman–Crippen MR) is 148 cm³/mol. The first-order valence-corrected chi connectivity index (χ1v) is 15.7. The van der Waals surface area contributed by atoms with Crippen LogP contribution >= 0.6 is 0 Å². The molecule has 0 aromatic rings. The van der Waals surface area contributed by atoms with Gasteiger partial charge in [0, 0.05) is 22.8 Å². The Balaban J connectivity index is 0.00000242. The molecule has 224 valence electrons. The molecule has 6 nitrogen and oxygen atoms in total. The first-order chi connectivity index (χ1) is 18.4. The smallest absolute Gasteiger partial charge is 0.550 e. The van der Waals surface area contributed by atoms with Crippen LogP contribution in [0, 0.1) is 50.2 Å². The van der Waals surface area contributed by atoms with Gasteiger partial charge in [0.1, 0.15) is 6.10 Å². The number of carboxylic acids is 2. The van der Waals surface area contributed by atoms with Crippen molar-refractivity contribution in [3.63, 3.8) is 0 Å². The molecule has 0 aliphatic heterocycles. The van der Waals surface area contributed by atoms with Gasteiger partial charge in [-0.05, 0) is 110 Å². The molecule has 0 N–H and O–H groups in total.